The molecule has 3 heteroatoms. The summed E-state index contributed by atoms with van der Waals surface area (Å²) in [5.41, 5.74) is 0. The van der Waals surface area contributed by atoms with E-state index in [1.165, 1.54) is 57.8 Å². The van der Waals surface area contributed by atoms with Crippen LogP contribution < -0.4 is 0 Å². The van der Waals surface area contributed by atoms with Crippen molar-refractivity contribution in [3.63, 3.8) is 0 Å². The molecule has 0 spiro atoms. The highest BCUT2D eigenvalue weighted by atomic mass is 35.6. The molecule has 0 fully saturated rings. The molecule has 0 aliphatic heterocycles. The number of rotatable bonds is 7. The van der Waals surface area contributed by atoms with Crippen LogP contribution in [0.4, 0.5) is 0 Å². The summed E-state index contributed by atoms with van der Waals surface area (Å²) >= 11 is 14.4. The molecular formula is C14H31Cl3. The van der Waals surface area contributed by atoms with E-state index >= 15 is 0 Å². The number of unbranched alkanes of at least 4 members (excludes halogenated alkanes) is 7. The van der Waals surface area contributed by atoms with Crippen molar-refractivity contribution in [2.45, 2.75) is 89.8 Å². The molecule has 0 N–H and O–H groups in total. The zero-order valence-corrected chi connectivity index (χ0v) is 14.3. The van der Waals surface area contributed by atoms with Gasteiger partial charge in [-0.3, -0.25) is 0 Å². The molecule has 0 radical (unpaired) electrons. The van der Waals surface area contributed by atoms with Crippen LogP contribution in [0.25, 0.3) is 0 Å². The van der Waals surface area contributed by atoms with Gasteiger partial charge in [0.2, 0.25) is 0 Å². The largest absolute Gasteiger partial charge is 0.180 e. The van der Waals surface area contributed by atoms with E-state index in [2.05, 4.69) is 27.7 Å². The van der Waals surface area contributed by atoms with Crippen molar-refractivity contribution < 1.29 is 0 Å². The van der Waals surface area contributed by atoms with Crippen LogP contribution in [-0.4, -0.2) is 4.30 Å². The molecule has 0 nitrogen and oxygen atoms in total. The molecule has 0 bridgehead atoms. The average molecular weight is 306 g/mol. The summed E-state index contributed by atoms with van der Waals surface area (Å²) in [5, 5.41) is 0. The fraction of sp³-hybridized carbons (Fsp3) is 1.00. The van der Waals surface area contributed by atoms with Gasteiger partial charge < -0.3 is 0 Å². The van der Waals surface area contributed by atoms with E-state index in [0.717, 1.165) is 0 Å². The highest BCUT2D eigenvalue weighted by Crippen LogP contribution is 2.03. The van der Waals surface area contributed by atoms with E-state index in [1.54, 1.807) is 0 Å². The first-order valence-electron chi connectivity index (χ1n) is 6.98. The average Bonchev–Trinajstić information content (AvgIpc) is 2.27. The minimum Gasteiger partial charge on any atom is -0.0874 e. The first-order chi connectivity index (χ1) is 8.06. The first kappa shape index (κ1) is 23.0. The fourth-order valence-corrected chi connectivity index (χ4v) is 1.18. The van der Waals surface area contributed by atoms with Crippen molar-refractivity contribution in [3.05, 3.63) is 0 Å². The van der Waals surface area contributed by atoms with Crippen molar-refractivity contribution in [3.8, 4) is 0 Å². The number of alkyl halides is 3. The van der Waals surface area contributed by atoms with Crippen LogP contribution in [0, 0.1) is 0 Å². The highest BCUT2D eigenvalue weighted by Gasteiger charge is 1.80. The molecule has 0 aromatic rings. The van der Waals surface area contributed by atoms with Gasteiger partial charge in [-0.1, -0.05) is 120 Å². The van der Waals surface area contributed by atoms with Crippen LogP contribution in [0.15, 0.2) is 0 Å². The Morgan fingerprint density at radius 2 is 0.706 bits per heavy atom. The minimum atomic E-state index is -0.750. The topological polar surface area (TPSA) is 0 Å². The van der Waals surface area contributed by atoms with Gasteiger partial charge in [0.25, 0.3) is 0 Å². The summed E-state index contributed by atoms with van der Waals surface area (Å²) in [5.74, 6) is 0. The second kappa shape index (κ2) is 25.7. The number of hydrogen-bond acceptors (Lipinski definition) is 0. The van der Waals surface area contributed by atoms with E-state index in [1.807, 2.05) is 0 Å². The Labute approximate surface area is 124 Å². The molecule has 108 valence electrons. The van der Waals surface area contributed by atoms with Gasteiger partial charge in [-0.2, -0.15) is 0 Å². The summed E-state index contributed by atoms with van der Waals surface area (Å²) < 4.78 is -0.750. The predicted molar refractivity (Wildman–Crippen MR) is 85.6 cm³/mol. The second-order valence-electron chi connectivity index (χ2n) is 4.02. The molecule has 0 saturated carbocycles. The molecule has 0 aromatic heterocycles. The van der Waals surface area contributed by atoms with Crippen LogP contribution in [0.5, 0.6) is 0 Å². The Morgan fingerprint density at radius 1 is 0.529 bits per heavy atom. The first-order valence-corrected chi connectivity index (χ1v) is 8.29. The van der Waals surface area contributed by atoms with Crippen molar-refractivity contribution in [1.82, 2.24) is 0 Å². The molecule has 0 heterocycles. The summed E-state index contributed by atoms with van der Waals surface area (Å²) in [6.07, 6.45) is 12.5. The van der Waals surface area contributed by atoms with Crippen molar-refractivity contribution in [2.75, 3.05) is 0 Å². The second-order valence-corrected chi connectivity index (χ2v) is 5.99. The molecular weight excluding hydrogens is 275 g/mol. The van der Waals surface area contributed by atoms with Crippen molar-refractivity contribution in [1.29, 1.82) is 0 Å². The normalized spacial score (nSPS) is 9.18. The van der Waals surface area contributed by atoms with Crippen LogP contribution >= 0.6 is 34.8 Å². The van der Waals surface area contributed by atoms with Gasteiger partial charge >= 0.3 is 0 Å². The quantitative estimate of drug-likeness (QED) is 0.336. The molecule has 0 atom stereocenters. The monoisotopic (exact) mass is 304 g/mol. The standard InChI is InChI=1S/C7H16.C6H14.CHCl3/c1-3-5-7-6-4-2;1-3-5-6-4-2;2-1(3)4/h3-7H2,1-2H3;3-6H2,1-2H3;1H. The van der Waals surface area contributed by atoms with Gasteiger partial charge in [-0.25, -0.2) is 0 Å². The van der Waals surface area contributed by atoms with Gasteiger partial charge in [0.15, 0.2) is 4.30 Å². The van der Waals surface area contributed by atoms with Crippen molar-refractivity contribution >= 4 is 34.8 Å². The SMILES string of the molecule is CCCCCC.CCCCCCC.ClC(Cl)Cl. The molecule has 0 aromatic carbocycles. The van der Waals surface area contributed by atoms with Gasteiger partial charge in [0.05, 0.1) is 0 Å². The van der Waals surface area contributed by atoms with E-state index in [9.17, 15) is 0 Å². The van der Waals surface area contributed by atoms with E-state index in [-0.39, 0.29) is 0 Å². The van der Waals surface area contributed by atoms with Gasteiger partial charge in [-0.15, -0.1) is 0 Å². The molecule has 0 aliphatic rings. The third-order valence-corrected chi connectivity index (χ3v) is 2.16. The maximum absolute atomic E-state index is 4.81. The Hall–Kier alpha value is 0.870. The van der Waals surface area contributed by atoms with Crippen LogP contribution in [0.3, 0.4) is 0 Å². The Morgan fingerprint density at radius 3 is 0.882 bits per heavy atom. The van der Waals surface area contributed by atoms with Gasteiger partial charge in [-0.05, 0) is 0 Å². The molecule has 0 rings (SSSR count). The third kappa shape index (κ3) is 60.2. The van der Waals surface area contributed by atoms with Gasteiger partial charge in [0, 0.05) is 0 Å². The summed E-state index contributed by atoms with van der Waals surface area (Å²) in [4.78, 5) is 0. The maximum Gasteiger partial charge on any atom is 0.180 e. The lowest BCUT2D eigenvalue weighted by molar-refractivity contribution is 0.656. The lowest BCUT2D eigenvalue weighted by atomic mass is 10.2. The molecule has 0 aliphatic carbocycles. The van der Waals surface area contributed by atoms with Crippen molar-refractivity contribution in [2.24, 2.45) is 0 Å². The van der Waals surface area contributed by atoms with Gasteiger partial charge in [0.1, 0.15) is 0 Å². The summed E-state index contributed by atoms with van der Waals surface area (Å²) in [6.45, 7) is 8.95. The number of halogens is 3. The van der Waals surface area contributed by atoms with E-state index in [0.29, 0.717) is 0 Å². The smallest absolute Gasteiger partial charge is 0.0874 e. The fourth-order valence-electron chi connectivity index (χ4n) is 1.18. The Kier molecular flexibility index (Phi) is 34.7. The van der Waals surface area contributed by atoms with E-state index < -0.39 is 4.30 Å². The minimum absolute atomic E-state index is 0.750. The molecule has 0 amide bonds. The lowest BCUT2D eigenvalue weighted by Crippen LogP contribution is -1.70. The lowest BCUT2D eigenvalue weighted by Gasteiger charge is -1.90. The summed E-state index contributed by atoms with van der Waals surface area (Å²) in [7, 11) is 0. The van der Waals surface area contributed by atoms with Crippen LogP contribution in [0.2, 0.25) is 0 Å². The summed E-state index contributed by atoms with van der Waals surface area (Å²) in [6, 6.07) is 0. The van der Waals surface area contributed by atoms with Crippen LogP contribution in [0.1, 0.15) is 85.5 Å². The number of hydrogen-bond donors (Lipinski definition) is 0. The van der Waals surface area contributed by atoms with Crippen LogP contribution in [-0.2, 0) is 0 Å². The predicted octanol–water partition coefficient (Wildman–Crippen LogP) is 7.55. The Bertz CT molecular complexity index is 84.7. The Balaban J connectivity index is -0.000000180. The molecule has 0 unspecified atom stereocenters. The molecule has 17 heavy (non-hydrogen) atoms. The van der Waals surface area contributed by atoms with E-state index in [4.69, 9.17) is 34.8 Å². The third-order valence-electron chi connectivity index (χ3n) is 2.16. The maximum atomic E-state index is 4.81. The zero-order valence-electron chi connectivity index (χ0n) is 12.1. The molecule has 0 saturated heterocycles. The zero-order chi connectivity index (χ0) is 13.9. The highest BCUT2D eigenvalue weighted by molar-refractivity contribution is 6.63.